The number of piperidine rings is 2. The van der Waals surface area contributed by atoms with E-state index in [1.54, 1.807) is 12.2 Å². The van der Waals surface area contributed by atoms with E-state index >= 15 is 0 Å². The van der Waals surface area contributed by atoms with Crippen LogP contribution in [0.4, 0.5) is 0 Å². The highest BCUT2D eigenvalue weighted by Crippen LogP contribution is 2.31. The first-order chi connectivity index (χ1) is 10.4. The van der Waals surface area contributed by atoms with Crippen molar-refractivity contribution in [2.45, 2.75) is 31.7 Å². The second-order valence-electron chi connectivity index (χ2n) is 6.38. The van der Waals surface area contributed by atoms with Crippen molar-refractivity contribution in [3.63, 3.8) is 0 Å². The number of fused-ring (bicyclic) bond motifs is 1. The van der Waals surface area contributed by atoms with Crippen molar-refractivity contribution in [1.29, 1.82) is 0 Å². The molecule has 7 heteroatoms. The van der Waals surface area contributed by atoms with Crippen molar-refractivity contribution in [3.05, 3.63) is 23.1 Å². The highest BCUT2D eigenvalue weighted by Gasteiger charge is 2.33. The van der Waals surface area contributed by atoms with E-state index in [4.69, 9.17) is 5.14 Å². The molecule has 3 rings (SSSR count). The smallest absolute Gasteiger partial charge is 0.237 e. The van der Waals surface area contributed by atoms with Crippen LogP contribution in [0.5, 0.6) is 0 Å². The van der Waals surface area contributed by atoms with Crippen LogP contribution in [-0.2, 0) is 14.8 Å². The first-order valence-corrected chi connectivity index (χ1v) is 9.39. The number of allylic oxidation sites excluding steroid dienone is 1. The molecule has 2 saturated heterocycles. The van der Waals surface area contributed by atoms with E-state index in [2.05, 4.69) is 9.80 Å². The van der Waals surface area contributed by atoms with Gasteiger partial charge in [0.05, 0.1) is 11.6 Å². The number of hydrogen-bond acceptors (Lipinski definition) is 5. The van der Waals surface area contributed by atoms with E-state index in [-0.39, 0.29) is 10.9 Å². The van der Waals surface area contributed by atoms with Gasteiger partial charge in [-0.25, -0.2) is 13.6 Å². The van der Waals surface area contributed by atoms with E-state index in [9.17, 15) is 13.2 Å². The number of carbonyl (C=O) groups is 1. The highest BCUT2D eigenvalue weighted by molar-refractivity contribution is 7.93. The van der Waals surface area contributed by atoms with E-state index in [1.807, 2.05) is 6.08 Å². The van der Waals surface area contributed by atoms with Crippen LogP contribution in [-0.4, -0.2) is 56.3 Å². The third kappa shape index (κ3) is 3.48. The molecule has 22 heavy (non-hydrogen) atoms. The van der Waals surface area contributed by atoms with Crippen molar-refractivity contribution < 1.29 is 13.2 Å². The molecular weight excluding hydrogens is 302 g/mol. The van der Waals surface area contributed by atoms with Crippen LogP contribution in [0.2, 0.25) is 0 Å². The Bertz CT molecular complexity index is 602. The predicted octanol–water partition coefficient (Wildman–Crippen LogP) is 0.432. The van der Waals surface area contributed by atoms with Crippen molar-refractivity contribution in [3.8, 4) is 0 Å². The molecule has 0 aromatic carbocycles. The molecule has 0 spiro atoms. The number of ketones is 1. The molecule has 0 radical (unpaired) electrons. The van der Waals surface area contributed by atoms with E-state index in [1.165, 1.54) is 0 Å². The lowest BCUT2D eigenvalue weighted by atomic mass is 9.86. The van der Waals surface area contributed by atoms with Crippen LogP contribution in [0.3, 0.4) is 0 Å². The van der Waals surface area contributed by atoms with Gasteiger partial charge in [-0.15, -0.1) is 0 Å². The molecule has 6 nitrogen and oxygen atoms in total. The molecular formula is C15H23N3O3S. The average Bonchev–Trinajstić information content (AvgIpc) is 2.48. The lowest BCUT2D eigenvalue weighted by Gasteiger charge is -2.43. The first-order valence-electron chi connectivity index (χ1n) is 7.84. The quantitative estimate of drug-likeness (QED) is 0.813. The number of sulfonamides is 1. The molecule has 0 aromatic heterocycles. The van der Waals surface area contributed by atoms with Crippen molar-refractivity contribution in [2.75, 3.05) is 26.3 Å². The molecule has 2 atom stereocenters. The van der Waals surface area contributed by atoms with Crippen LogP contribution in [0.1, 0.15) is 25.7 Å². The zero-order valence-corrected chi connectivity index (χ0v) is 13.5. The number of rotatable bonds is 3. The van der Waals surface area contributed by atoms with Gasteiger partial charge in [0.15, 0.2) is 0 Å². The maximum Gasteiger partial charge on any atom is 0.237 e. The molecule has 0 amide bonds. The summed E-state index contributed by atoms with van der Waals surface area (Å²) in [5.74, 6) is 0.690. The zero-order chi connectivity index (χ0) is 15.7. The SMILES string of the molecule is NS(=O)(=O)C1=CC2C(C=C1)CCCN2CN1CCC(=O)CC1. The van der Waals surface area contributed by atoms with Gasteiger partial charge in [0.25, 0.3) is 0 Å². The number of nitrogens with zero attached hydrogens (tertiary/aromatic N) is 2. The van der Waals surface area contributed by atoms with Gasteiger partial charge >= 0.3 is 0 Å². The number of carbonyl (C=O) groups excluding carboxylic acids is 1. The molecule has 2 unspecified atom stereocenters. The molecule has 0 aromatic rings. The minimum absolute atomic E-state index is 0.0877. The summed E-state index contributed by atoms with van der Waals surface area (Å²) in [6, 6.07) is 0.0877. The second-order valence-corrected chi connectivity index (χ2v) is 7.94. The Labute approximate surface area is 131 Å². The Hall–Kier alpha value is -1.02. The number of Topliss-reactive ketones (excluding diaryl/α,β-unsaturated/α-hetero) is 1. The van der Waals surface area contributed by atoms with E-state index in [0.29, 0.717) is 24.5 Å². The van der Waals surface area contributed by atoms with Crippen LogP contribution in [0.15, 0.2) is 23.1 Å². The van der Waals surface area contributed by atoms with Gasteiger partial charge < -0.3 is 0 Å². The fourth-order valence-electron chi connectivity index (χ4n) is 3.56. The molecule has 2 fully saturated rings. The summed E-state index contributed by atoms with van der Waals surface area (Å²) >= 11 is 0. The monoisotopic (exact) mass is 325 g/mol. The molecule has 3 aliphatic rings. The third-order valence-corrected chi connectivity index (χ3v) is 5.74. The number of likely N-dealkylation sites (tertiary alicyclic amines) is 2. The van der Waals surface area contributed by atoms with Crippen LogP contribution in [0, 0.1) is 5.92 Å². The van der Waals surface area contributed by atoms with Crippen molar-refractivity contribution in [1.82, 2.24) is 9.80 Å². The molecule has 2 heterocycles. The fraction of sp³-hybridized carbons (Fsp3) is 0.667. The van der Waals surface area contributed by atoms with Crippen LogP contribution >= 0.6 is 0 Å². The lowest BCUT2D eigenvalue weighted by Crippen LogP contribution is -2.51. The Morgan fingerprint density at radius 3 is 2.64 bits per heavy atom. The Morgan fingerprint density at radius 2 is 1.95 bits per heavy atom. The Morgan fingerprint density at radius 1 is 1.23 bits per heavy atom. The summed E-state index contributed by atoms with van der Waals surface area (Å²) in [4.78, 5) is 16.2. The number of primary sulfonamides is 1. The third-order valence-electron chi connectivity index (χ3n) is 4.81. The average molecular weight is 325 g/mol. The van der Waals surface area contributed by atoms with Crippen molar-refractivity contribution in [2.24, 2.45) is 11.1 Å². The van der Waals surface area contributed by atoms with E-state index in [0.717, 1.165) is 39.1 Å². The lowest BCUT2D eigenvalue weighted by molar-refractivity contribution is -0.122. The summed E-state index contributed by atoms with van der Waals surface area (Å²) in [7, 11) is -3.65. The molecule has 0 saturated carbocycles. The molecule has 0 bridgehead atoms. The summed E-state index contributed by atoms with van der Waals surface area (Å²) < 4.78 is 23.2. The maximum absolute atomic E-state index is 11.6. The Balaban J connectivity index is 1.72. The van der Waals surface area contributed by atoms with Crippen molar-refractivity contribution >= 4 is 15.8 Å². The van der Waals surface area contributed by atoms with Gasteiger partial charge in [-0.2, -0.15) is 0 Å². The Kier molecular flexibility index (Phi) is 4.49. The predicted molar refractivity (Wildman–Crippen MR) is 84.2 cm³/mol. The summed E-state index contributed by atoms with van der Waals surface area (Å²) in [5, 5.41) is 5.26. The van der Waals surface area contributed by atoms with Gasteiger partial charge in [0.1, 0.15) is 5.78 Å². The molecule has 1 aliphatic carbocycles. The zero-order valence-electron chi connectivity index (χ0n) is 12.6. The molecule has 2 N–H and O–H groups in total. The summed E-state index contributed by atoms with van der Waals surface area (Å²) in [5.41, 5.74) is 0. The van der Waals surface area contributed by atoms with Gasteiger partial charge in [0, 0.05) is 38.5 Å². The maximum atomic E-state index is 11.6. The topological polar surface area (TPSA) is 83.7 Å². The van der Waals surface area contributed by atoms with Gasteiger partial charge in [-0.1, -0.05) is 6.08 Å². The number of nitrogens with two attached hydrogens (primary N) is 1. The first kappa shape index (κ1) is 15.9. The van der Waals surface area contributed by atoms with Gasteiger partial charge in [-0.3, -0.25) is 14.6 Å². The fourth-order valence-corrected chi connectivity index (χ4v) is 4.15. The highest BCUT2D eigenvalue weighted by atomic mass is 32.2. The van der Waals surface area contributed by atoms with Crippen LogP contribution in [0.25, 0.3) is 0 Å². The van der Waals surface area contributed by atoms with E-state index < -0.39 is 10.0 Å². The minimum Gasteiger partial charge on any atom is -0.300 e. The molecule has 122 valence electrons. The minimum atomic E-state index is -3.65. The normalized spacial score (nSPS) is 31.0. The second kappa shape index (κ2) is 6.23. The standard InChI is InChI=1S/C15H23N3O3S/c16-22(20,21)14-4-3-12-2-1-7-18(15(12)10-14)11-17-8-5-13(19)6-9-17/h3-4,10,12,15H,1-2,5-9,11H2,(H2,16,20,21). The summed E-state index contributed by atoms with van der Waals surface area (Å²) in [6.07, 6.45) is 8.85. The number of hydrogen-bond donors (Lipinski definition) is 1. The van der Waals surface area contributed by atoms with Crippen LogP contribution < -0.4 is 5.14 Å². The van der Waals surface area contributed by atoms with Gasteiger partial charge in [0.2, 0.25) is 10.0 Å². The molecule has 2 aliphatic heterocycles. The largest absolute Gasteiger partial charge is 0.300 e. The van der Waals surface area contributed by atoms with Gasteiger partial charge in [-0.05, 0) is 30.9 Å². The summed E-state index contributed by atoms with van der Waals surface area (Å²) in [6.45, 7) is 3.34.